The molecule has 0 saturated carbocycles. The lowest BCUT2D eigenvalue weighted by atomic mass is 9.99. The van der Waals surface area contributed by atoms with Gasteiger partial charge in [-0.2, -0.15) is 4.31 Å². The summed E-state index contributed by atoms with van der Waals surface area (Å²) in [7, 11) is -3.59. The number of benzene rings is 1. The van der Waals surface area contributed by atoms with Gasteiger partial charge in [0.1, 0.15) is 11.8 Å². The number of nitrogens with one attached hydrogen (secondary N) is 2. The molecule has 2 aliphatic rings. The largest absolute Gasteiger partial charge is 0.467 e. The molecule has 1 fully saturated rings. The van der Waals surface area contributed by atoms with Crippen molar-refractivity contribution < 1.29 is 27.2 Å². The van der Waals surface area contributed by atoms with Crippen LogP contribution in [0.25, 0.3) is 0 Å². The molecule has 1 saturated heterocycles. The highest BCUT2D eigenvalue weighted by Crippen LogP contribution is 2.29. The molecule has 1 atom stereocenters. The van der Waals surface area contributed by atoms with Gasteiger partial charge < -0.3 is 19.8 Å². The zero-order chi connectivity index (χ0) is 24.3. The molecule has 34 heavy (non-hydrogen) atoms. The van der Waals surface area contributed by atoms with Gasteiger partial charge in [0.15, 0.2) is 0 Å². The summed E-state index contributed by atoms with van der Waals surface area (Å²) in [5, 5.41) is 5.45. The van der Waals surface area contributed by atoms with E-state index in [0.29, 0.717) is 37.6 Å². The van der Waals surface area contributed by atoms with Gasteiger partial charge in [0.2, 0.25) is 10.0 Å². The molecular formula is C23H28N4O6S. The molecule has 3 heterocycles. The number of aryl methyl sites for hydroxylation is 1. The molecule has 0 spiro atoms. The minimum absolute atomic E-state index is 0.185. The first-order chi connectivity index (χ1) is 16.3. The Morgan fingerprint density at radius 3 is 2.47 bits per heavy atom. The molecular weight excluding hydrogens is 460 g/mol. The van der Waals surface area contributed by atoms with Crippen LogP contribution in [-0.4, -0.2) is 69.0 Å². The third-order valence-electron chi connectivity index (χ3n) is 5.85. The first kappa shape index (κ1) is 24.0. The van der Waals surface area contributed by atoms with Crippen molar-refractivity contribution in [2.75, 3.05) is 39.3 Å². The SMILES string of the molecule is CCOC(=O)C1=C(CN2CCN(S(=O)(=O)c3ccc(C)cc3)CC2)NC(=O)N[C@H]1c1ccco1. The van der Waals surface area contributed by atoms with Crippen LogP contribution in [0.3, 0.4) is 0 Å². The highest BCUT2D eigenvalue weighted by Gasteiger charge is 2.36. The fourth-order valence-corrected chi connectivity index (χ4v) is 5.49. The maximum absolute atomic E-state index is 13.0. The average Bonchev–Trinajstić information content (AvgIpc) is 3.34. The smallest absolute Gasteiger partial charge is 0.338 e. The monoisotopic (exact) mass is 488 g/mol. The lowest BCUT2D eigenvalue weighted by molar-refractivity contribution is -0.139. The molecule has 0 unspecified atom stereocenters. The number of amides is 2. The van der Waals surface area contributed by atoms with Crippen molar-refractivity contribution in [2.24, 2.45) is 0 Å². The van der Waals surface area contributed by atoms with E-state index >= 15 is 0 Å². The summed E-state index contributed by atoms with van der Waals surface area (Å²) in [5.74, 6) is -0.128. The first-order valence-electron chi connectivity index (χ1n) is 11.1. The lowest BCUT2D eigenvalue weighted by Gasteiger charge is -2.36. The number of furan rings is 1. The van der Waals surface area contributed by atoms with Crippen molar-refractivity contribution >= 4 is 22.0 Å². The Bertz CT molecular complexity index is 1170. The standard InChI is InChI=1S/C23H28N4O6S/c1-3-32-22(28)20-18(24-23(29)25-21(20)19-5-4-14-33-19)15-26-10-12-27(13-11-26)34(30,31)17-8-6-16(2)7-9-17/h4-9,14,21H,3,10-13,15H2,1-2H3,(H2,24,25,29)/t21-/m0/s1. The summed E-state index contributed by atoms with van der Waals surface area (Å²) in [4.78, 5) is 27.4. The van der Waals surface area contributed by atoms with Crippen LogP contribution in [0, 0.1) is 6.92 Å². The quantitative estimate of drug-likeness (QED) is 0.570. The van der Waals surface area contributed by atoms with Crippen LogP contribution in [0.5, 0.6) is 0 Å². The zero-order valence-corrected chi connectivity index (χ0v) is 19.9. The van der Waals surface area contributed by atoms with Gasteiger partial charge in [-0.3, -0.25) is 4.90 Å². The molecule has 10 nitrogen and oxygen atoms in total. The third-order valence-corrected chi connectivity index (χ3v) is 7.76. The summed E-state index contributed by atoms with van der Waals surface area (Å²) in [6.45, 7) is 5.55. The van der Waals surface area contributed by atoms with Gasteiger partial charge in [0.25, 0.3) is 0 Å². The van der Waals surface area contributed by atoms with Crippen molar-refractivity contribution in [3.8, 4) is 0 Å². The predicted molar refractivity (Wildman–Crippen MR) is 123 cm³/mol. The second kappa shape index (κ2) is 10.00. The van der Waals surface area contributed by atoms with E-state index in [9.17, 15) is 18.0 Å². The third kappa shape index (κ3) is 5.01. The Kier molecular flexibility index (Phi) is 7.05. The van der Waals surface area contributed by atoms with Crippen molar-refractivity contribution in [1.82, 2.24) is 19.8 Å². The van der Waals surface area contributed by atoms with Gasteiger partial charge in [-0.15, -0.1) is 0 Å². The second-order valence-electron chi connectivity index (χ2n) is 8.15. The molecule has 0 aliphatic carbocycles. The van der Waals surface area contributed by atoms with Crippen LogP contribution >= 0.6 is 0 Å². The number of rotatable bonds is 7. The van der Waals surface area contributed by atoms with Crippen LogP contribution in [0.15, 0.2) is 63.2 Å². The predicted octanol–water partition coefficient (Wildman–Crippen LogP) is 1.77. The van der Waals surface area contributed by atoms with E-state index in [0.717, 1.165) is 5.56 Å². The highest BCUT2D eigenvalue weighted by atomic mass is 32.2. The number of nitrogens with zero attached hydrogens (tertiary/aromatic N) is 2. The second-order valence-corrected chi connectivity index (χ2v) is 10.1. The van der Waals surface area contributed by atoms with E-state index in [1.54, 1.807) is 43.3 Å². The molecule has 11 heteroatoms. The summed E-state index contributed by atoms with van der Waals surface area (Å²) in [6, 6.07) is 8.93. The number of carbonyl (C=O) groups is 2. The Labute approximate surface area is 198 Å². The minimum Gasteiger partial charge on any atom is -0.467 e. The van der Waals surface area contributed by atoms with Crippen molar-refractivity contribution in [1.29, 1.82) is 0 Å². The molecule has 0 radical (unpaired) electrons. The van der Waals surface area contributed by atoms with Gasteiger partial charge in [-0.05, 0) is 38.1 Å². The van der Waals surface area contributed by atoms with Gasteiger partial charge in [-0.25, -0.2) is 18.0 Å². The fraction of sp³-hybridized carbons (Fsp3) is 0.391. The topological polar surface area (TPSA) is 121 Å². The summed E-state index contributed by atoms with van der Waals surface area (Å²) >= 11 is 0. The van der Waals surface area contributed by atoms with E-state index in [1.807, 2.05) is 11.8 Å². The van der Waals surface area contributed by atoms with E-state index < -0.39 is 28.1 Å². The fourth-order valence-electron chi connectivity index (χ4n) is 4.07. The number of ether oxygens (including phenoxy) is 1. The van der Waals surface area contributed by atoms with Crippen LogP contribution in [0.4, 0.5) is 4.79 Å². The Balaban J connectivity index is 1.51. The van der Waals surface area contributed by atoms with Crippen LogP contribution < -0.4 is 10.6 Å². The molecule has 2 aliphatic heterocycles. The van der Waals surface area contributed by atoms with Crippen LogP contribution in [0.1, 0.15) is 24.3 Å². The molecule has 1 aromatic heterocycles. The van der Waals surface area contributed by atoms with Crippen molar-refractivity contribution in [2.45, 2.75) is 24.8 Å². The van der Waals surface area contributed by atoms with E-state index in [1.165, 1.54) is 10.6 Å². The molecule has 0 bridgehead atoms. The molecule has 1 aromatic carbocycles. The lowest BCUT2D eigenvalue weighted by Crippen LogP contribution is -2.52. The molecule has 182 valence electrons. The molecule has 2 amide bonds. The van der Waals surface area contributed by atoms with Crippen molar-refractivity contribution in [3.05, 3.63) is 65.3 Å². The van der Waals surface area contributed by atoms with E-state index in [4.69, 9.17) is 9.15 Å². The summed E-state index contributed by atoms with van der Waals surface area (Å²) in [5.41, 5.74) is 1.68. The average molecular weight is 489 g/mol. The van der Waals surface area contributed by atoms with E-state index in [-0.39, 0.29) is 23.6 Å². The number of urea groups is 1. The number of carbonyl (C=O) groups excluding carboxylic acids is 2. The Hall–Kier alpha value is -3.15. The van der Waals surface area contributed by atoms with Crippen molar-refractivity contribution in [3.63, 3.8) is 0 Å². The maximum Gasteiger partial charge on any atom is 0.338 e. The maximum atomic E-state index is 13.0. The normalized spacial score (nSPS) is 20.1. The summed E-state index contributed by atoms with van der Waals surface area (Å²) < 4.78 is 38.1. The molecule has 4 rings (SSSR count). The number of piperazine rings is 1. The van der Waals surface area contributed by atoms with E-state index in [2.05, 4.69) is 10.6 Å². The Morgan fingerprint density at radius 1 is 1.15 bits per heavy atom. The van der Waals surface area contributed by atoms with Gasteiger partial charge >= 0.3 is 12.0 Å². The van der Waals surface area contributed by atoms with Crippen LogP contribution in [0.2, 0.25) is 0 Å². The number of esters is 1. The first-order valence-corrected chi connectivity index (χ1v) is 12.5. The Morgan fingerprint density at radius 2 is 1.85 bits per heavy atom. The molecule has 2 N–H and O–H groups in total. The highest BCUT2D eigenvalue weighted by molar-refractivity contribution is 7.89. The van der Waals surface area contributed by atoms with Gasteiger partial charge in [0.05, 0.1) is 23.3 Å². The molecule has 2 aromatic rings. The van der Waals surface area contributed by atoms with Crippen LogP contribution in [-0.2, 0) is 19.6 Å². The number of hydrogen-bond donors (Lipinski definition) is 2. The summed E-state index contributed by atoms with van der Waals surface area (Å²) in [6.07, 6.45) is 1.47. The minimum atomic E-state index is -3.59. The number of hydrogen-bond acceptors (Lipinski definition) is 7. The van der Waals surface area contributed by atoms with Gasteiger partial charge in [-0.1, -0.05) is 17.7 Å². The zero-order valence-electron chi connectivity index (χ0n) is 19.1. The number of sulfonamides is 1. The van der Waals surface area contributed by atoms with Gasteiger partial charge in [0, 0.05) is 38.4 Å².